The summed E-state index contributed by atoms with van der Waals surface area (Å²) in [5, 5.41) is 1.77. The Morgan fingerprint density at radius 2 is 1.83 bits per heavy atom. The van der Waals surface area contributed by atoms with Crippen LogP contribution in [0.2, 0.25) is 0 Å². The highest BCUT2D eigenvalue weighted by molar-refractivity contribution is 7.92. The van der Waals surface area contributed by atoms with Gasteiger partial charge in [0, 0.05) is 5.69 Å². The minimum absolute atomic E-state index is 0.0228. The number of carbonyl (C=O) groups is 3. The maximum absolute atomic E-state index is 13.7. The summed E-state index contributed by atoms with van der Waals surface area (Å²) in [4.78, 5) is 34.1. The smallest absolute Gasteiger partial charge is 0.338 e. The Hall–Kier alpha value is -3.47. The Morgan fingerprint density at radius 1 is 1.14 bits per heavy atom. The predicted octanol–water partition coefficient (Wildman–Crippen LogP) is 1.68. The van der Waals surface area contributed by atoms with E-state index in [4.69, 9.17) is 10.5 Å². The number of benzene rings is 2. The lowest BCUT2D eigenvalue weighted by molar-refractivity contribution is -0.127. The van der Waals surface area contributed by atoms with Gasteiger partial charge in [0.05, 0.1) is 10.5 Å². The lowest BCUT2D eigenvalue weighted by Crippen LogP contribution is -2.42. The van der Waals surface area contributed by atoms with Crippen LogP contribution in [-0.4, -0.2) is 32.4 Å². The Kier molecular flexibility index (Phi) is 6.54. The number of primary amides is 1. The quantitative estimate of drug-likeness (QED) is 0.603. The summed E-state index contributed by atoms with van der Waals surface area (Å²) < 4.78 is 45.7. The van der Waals surface area contributed by atoms with Gasteiger partial charge in [0.2, 0.25) is 0 Å². The van der Waals surface area contributed by atoms with Crippen molar-refractivity contribution >= 4 is 33.6 Å². The van der Waals surface area contributed by atoms with Crippen molar-refractivity contribution in [3.63, 3.8) is 0 Å². The van der Waals surface area contributed by atoms with Crippen LogP contribution in [0.4, 0.5) is 14.9 Å². The van der Waals surface area contributed by atoms with Crippen molar-refractivity contribution in [1.29, 1.82) is 0 Å². The van der Waals surface area contributed by atoms with Gasteiger partial charge in [-0.15, -0.1) is 0 Å². The van der Waals surface area contributed by atoms with E-state index in [1.165, 1.54) is 50.2 Å². The molecule has 0 saturated carbocycles. The van der Waals surface area contributed by atoms with Gasteiger partial charge in [0.15, 0.2) is 6.10 Å². The first-order valence-corrected chi connectivity index (χ1v) is 9.68. The van der Waals surface area contributed by atoms with Gasteiger partial charge in [-0.1, -0.05) is 12.1 Å². The number of nitrogens with one attached hydrogen (secondary N) is 2. The van der Waals surface area contributed by atoms with E-state index in [1.807, 2.05) is 0 Å². The lowest BCUT2D eigenvalue weighted by Gasteiger charge is -2.13. The maximum atomic E-state index is 13.7. The van der Waals surface area contributed by atoms with E-state index in [-0.39, 0.29) is 16.1 Å². The molecule has 154 valence electrons. The number of amides is 3. The number of ether oxygens (including phenoxy) is 1. The van der Waals surface area contributed by atoms with E-state index in [0.29, 0.717) is 5.56 Å². The van der Waals surface area contributed by atoms with E-state index in [2.05, 4.69) is 4.72 Å². The minimum atomic E-state index is -4.10. The summed E-state index contributed by atoms with van der Waals surface area (Å²) in [5.41, 5.74) is 5.08. The molecule has 0 radical (unpaired) electrons. The molecular formula is C18H18FN3O6S. The van der Waals surface area contributed by atoms with Crippen LogP contribution < -0.4 is 15.8 Å². The summed E-state index contributed by atoms with van der Waals surface area (Å²) in [5.74, 6) is -2.52. The van der Waals surface area contributed by atoms with Crippen LogP contribution in [0.15, 0.2) is 47.4 Å². The van der Waals surface area contributed by atoms with Crippen molar-refractivity contribution in [2.45, 2.75) is 24.8 Å². The van der Waals surface area contributed by atoms with Gasteiger partial charge in [-0.3, -0.25) is 14.8 Å². The molecule has 2 aromatic rings. The molecule has 0 aliphatic carbocycles. The summed E-state index contributed by atoms with van der Waals surface area (Å²) in [6.07, 6.45) is -1.31. The van der Waals surface area contributed by atoms with Crippen molar-refractivity contribution in [3.8, 4) is 0 Å². The number of sulfonamides is 1. The SMILES string of the molecule is Cc1ccc(S(=O)(=O)Nc2cccc(C(=O)OC(C)C(=O)NC(N)=O)c2)cc1F. The molecule has 0 aliphatic rings. The number of carbonyl (C=O) groups excluding carboxylic acids is 3. The molecule has 9 nitrogen and oxygen atoms in total. The molecule has 0 heterocycles. The van der Waals surface area contributed by atoms with E-state index < -0.39 is 39.9 Å². The normalized spacial score (nSPS) is 12.0. The number of hydrogen-bond donors (Lipinski definition) is 3. The van der Waals surface area contributed by atoms with Gasteiger partial charge < -0.3 is 10.5 Å². The molecule has 4 N–H and O–H groups in total. The van der Waals surface area contributed by atoms with E-state index in [0.717, 1.165) is 6.07 Å². The van der Waals surface area contributed by atoms with Crippen LogP contribution in [0.5, 0.6) is 0 Å². The summed E-state index contributed by atoms with van der Waals surface area (Å²) >= 11 is 0. The number of rotatable bonds is 6. The average Bonchev–Trinajstić information content (AvgIpc) is 2.63. The molecule has 0 aromatic heterocycles. The Morgan fingerprint density at radius 3 is 2.45 bits per heavy atom. The average molecular weight is 423 g/mol. The molecule has 0 aliphatic heterocycles. The summed E-state index contributed by atoms with van der Waals surface area (Å²) in [6, 6.07) is 7.65. The summed E-state index contributed by atoms with van der Waals surface area (Å²) in [7, 11) is -4.10. The van der Waals surface area contributed by atoms with Crippen molar-refractivity contribution in [2.75, 3.05) is 4.72 Å². The lowest BCUT2D eigenvalue weighted by atomic mass is 10.2. The minimum Gasteiger partial charge on any atom is -0.449 e. The van der Waals surface area contributed by atoms with Crippen molar-refractivity contribution in [1.82, 2.24) is 5.32 Å². The zero-order chi connectivity index (χ0) is 21.8. The van der Waals surface area contributed by atoms with Gasteiger partial charge in [0.1, 0.15) is 5.82 Å². The third-order valence-electron chi connectivity index (χ3n) is 3.70. The number of esters is 1. The number of nitrogens with two attached hydrogens (primary N) is 1. The molecular weight excluding hydrogens is 405 g/mol. The Labute approximate surface area is 166 Å². The van der Waals surface area contributed by atoms with Crippen molar-refractivity contribution < 1.29 is 31.9 Å². The van der Waals surface area contributed by atoms with E-state index in [9.17, 15) is 27.2 Å². The zero-order valence-corrected chi connectivity index (χ0v) is 16.2. The van der Waals surface area contributed by atoms with Crippen molar-refractivity contribution in [3.05, 3.63) is 59.4 Å². The van der Waals surface area contributed by atoms with Crippen LogP contribution >= 0.6 is 0 Å². The van der Waals surface area contributed by atoms with Crippen LogP contribution in [-0.2, 0) is 19.6 Å². The summed E-state index contributed by atoms with van der Waals surface area (Å²) in [6.45, 7) is 2.73. The third-order valence-corrected chi connectivity index (χ3v) is 5.08. The Balaban J connectivity index is 2.16. The number of aryl methyl sites for hydroxylation is 1. The third kappa shape index (κ3) is 5.75. The number of hydrogen-bond acceptors (Lipinski definition) is 6. The van der Waals surface area contributed by atoms with Gasteiger partial charge in [-0.05, 0) is 49.7 Å². The monoisotopic (exact) mass is 423 g/mol. The molecule has 29 heavy (non-hydrogen) atoms. The van der Waals surface area contributed by atoms with Crippen molar-refractivity contribution in [2.24, 2.45) is 5.73 Å². The number of urea groups is 1. The molecule has 2 rings (SSSR count). The standard InChI is InChI=1S/C18H18FN3O6S/c1-10-6-7-14(9-15(10)19)29(26,27)22-13-5-3-4-12(8-13)17(24)28-11(2)16(23)21-18(20)25/h3-9,11,22H,1-2H3,(H3,20,21,23,25). The first-order valence-electron chi connectivity index (χ1n) is 8.20. The topological polar surface area (TPSA) is 145 Å². The highest BCUT2D eigenvalue weighted by atomic mass is 32.2. The molecule has 2 aromatic carbocycles. The zero-order valence-electron chi connectivity index (χ0n) is 15.4. The Bertz CT molecular complexity index is 1070. The largest absolute Gasteiger partial charge is 0.449 e. The second-order valence-electron chi connectivity index (χ2n) is 6.00. The van der Waals surface area contributed by atoms with Crippen LogP contribution in [0.1, 0.15) is 22.8 Å². The molecule has 0 fully saturated rings. The first-order chi connectivity index (χ1) is 13.5. The number of anilines is 1. The molecule has 3 amide bonds. The van der Waals surface area contributed by atoms with Crippen LogP contribution in [0, 0.1) is 12.7 Å². The van der Waals surface area contributed by atoms with Gasteiger partial charge in [0.25, 0.3) is 15.9 Å². The van der Waals surface area contributed by atoms with Gasteiger partial charge in [-0.25, -0.2) is 22.4 Å². The second-order valence-corrected chi connectivity index (χ2v) is 7.68. The molecule has 11 heteroatoms. The fraction of sp³-hybridized carbons (Fsp3) is 0.167. The second kappa shape index (κ2) is 8.69. The predicted molar refractivity (Wildman–Crippen MR) is 101 cm³/mol. The maximum Gasteiger partial charge on any atom is 0.338 e. The van der Waals surface area contributed by atoms with Crippen LogP contribution in [0.25, 0.3) is 0 Å². The molecule has 0 saturated heterocycles. The molecule has 1 unspecified atom stereocenters. The number of halogens is 1. The highest BCUT2D eigenvalue weighted by Gasteiger charge is 2.21. The van der Waals surface area contributed by atoms with E-state index in [1.54, 1.807) is 5.32 Å². The van der Waals surface area contributed by atoms with Gasteiger partial charge >= 0.3 is 12.0 Å². The molecule has 0 spiro atoms. The molecule has 0 bridgehead atoms. The van der Waals surface area contributed by atoms with E-state index >= 15 is 0 Å². The van der Waals surface area contributed by atoms with Crippen LogP contribution in [0.3, 0.4) is 0 Å². The number of imide groups is 1. The fourth-order valence-electron chi connectivity index (χ4n) is 2.17. The highest BCUT2D eigenvalue weighted by Crippen LogP contribution is 2.20. The first kappa shape index (κ1) is 21.8. The molecule has 1 atom stereocenters. The fourth-order valence-corrected chi connectivity index (χ4v) is 3.23. The van der Waals surface area contributed by atoms with Gasteiger partial charge in [-0.2, -0.15) is 0 Å².